The maximum Gasteiger partial charge on any atom is 0.210 e. The Hall–Kier alpha value is -1.55. The standard InChI is InChI=1S/C12H18N4/c1-8-3-4-11(7-9(8)2)15-12(16-13)14-10-5-6-10/h3-4,7,10H,5-6,13H2,1-2H3,(H2,14,15,16). The molecule has 1 saturated carbocycles. The van der Waals surface area contributed by atoms with Crippen molar-refractivity contribution in [1.29, 1.82) is 0 Å². The minimum absolute atomic E-state index is 0.449. The first-order valence-corrected chi connectivity index (χ1v) is 5.58. The van der Waals surface area contributed by atoms with Crippen LogP contribution >= 0.6 is 0 Å². The topological polar surface area (TPSA) is 62.4 Å². The highest BCUT2D eigenvalue weighted by molar-refractivity contribution is 5.93. The van der Waals surface area contributed by atoms with Crippen molar-refractivity contribution < 1.29 is 0 Å². The Morgan fingerprint density at radius 2 is 2.06 bits per heavy atom. The first-order chi connectivity index (χ1) is 7.69. The zero-order valence-electron chi connectivity index (χ0n) is 9.75. The fourth-order valence-electron chi connectivity index (χ4n) is 1.45. The Labute approximate surface area is 95.9 Å². The second-order valence-electron chi connectivity index (χ2n) is 4.28. The molecule has 86 valence electrons. The zero-order valence-corrected chi connectivity index (χ0v) is 9.75. The van der Waals surface area contributed by atoms with Crippen LogP contribution in [0.2, 0.25) is 0 Å². The van der Waals surface area contributed by atoms with Crippen molar-refractivity contribution in [1.82, 2.24) is 5.43 Å². The summed E-state index contributed by atoms with van der Waals surface area (Å²) in [6, 6.07) is 6.66. The van der Waals surface area contributed by atoms with Crippen LogP contribution in [0.25, 0.3) is 0 Å². The first kappa shape index (κ1) is 11.0. The zero-order chi connectivity index (χ0) is 11.5. The fourth-order valence-corrected chi connectivity index (χ4v) is 1.45. The third-order valence-electron chi connectivity index (χ3n) is 2.76. The normalized spacial score (nSPS) is 16.1. The van der Waals surface area contributed by atoms with Gasteiger partial charge in [0.05, 0.1) is 6.04 Å². The number of hydrogen-bond acceptors (Lipinski definition) is 2. The van der Waals surface area contributed by atoms with Gasteiger partial charge in [-0.05, 0) is 49.9 Å². The Bertz CT molecular complexity index is 407. The average Bonchev–Trinajstić information content (AvgIpc) is 3.06. The van der Waals surface area contributed by atoms with E-state index in [1.807, 2.05) is 6.07 Å². The summed E-state index contributed by atoms with van der Waals surface area (Å²) in [5.74, 6) is 6.07. The van der Waals surface area contributed by atoms with Crippen molar-refractivity contribution in [3.8, 4) is 0 Å². The van der Waals surface area contributed by atoms with E-state index in [4.69, 9.17) is 5.84 Å². The quantitative estimate of drug-likeness (QED) is 0.306. The number of benzene rings is 1. The van der Waals surface area contributed by atoms with E-state index in [1.165, 1.54) is 24.0 Å². The minimum atomic E-state index is 0.449. The highest BCUT2D eigenvalue weighted by Crippen LogP contribution is 2.23. The lowest BCUT2D eigenvalue weighted by Crippen LogP contribution is -2.36. The molecule has 2 rings (SSSR count). The molecule has 1 aliphatic carbocycles. The summed E-state index contributed by atoms with van der Waals surface area (Å²) in [4.78, 5) is 4.42. The van der Waals surface area contributed by atoms with Gasteiger partial charge in [-0.3, -0.25) is 5.43 Å². The second kappa shape index (κ2) is 4.53. The second-order valence-corrected chi connectivity index (χ2v) is 4.28. The molecule has 0 radical (unpaired) electrons. The van der Waals surface area contributed by atoms with Crippen LogP contribution in [0.3, 0.4) is 0 Å². The predicted molar refractivity (Wildman–Crippen MR) is 67.3 cm³/mol. The molecule has 1 fully saturated rings. The molecule has 0 heterocycles. The highest BCUT2D eigenvalue weighted by Gasteiger charge is 2.20. The van der Waals surface area contributed by atoms with Crippen LogP contribution in [0.1, 0.15) is 24.0 Å². The fraction of sp³-hybridized carbons (Fsp3) is 0.417. The van der Waals surface area contributed by atoms with Crippen LogP contribution in [0.15, 0.2) is 23.2 Å². The van der Waals surface area contributed by atoms with Crippen molar-refractivity contribution >= 4 is 11.6 Å². The first-order valence-electron chi connectivity index (χ1n) is 5.58. The molecule has 0 atom stereocenters. The van der Waals surface area contributed by atoms with Crippen LogP contribution in [0.5, 0.6) is 0 Å². The number of aryl methyl sites for hydroxylation is 2. The van der Waals surface area contributed by atoms with Crippen LogP contribution in [-0.2, 0) is 0 Å². The Morgan fingerprint density at radius 1 is 1.31 bits per heavy atom. The molecule has 1 aromatic rings. The Kier molecular flexibility index (Phi) is 3.10. The molecule has 0 amide bonds. The number of aliphatic imine (C=N–C) groups is 1. The van der Waals surface area contributed by atoms with Crippen LogP contribution in [0.4, 0.5) is 5.69 Å². The van der Waals surface area contributed by atoms with E-state index in [1.54, 1.807) is 0 Å². The molecule has 0 bridgehead atoms. The molecular formula is C12H18N4. The summed E-state index contributed by atoms with van der Waals surface area (Å²) in [7, 11) is 0. The van der Waals surface area contributed by atoms with Crippen molar-refractivity contribution in [2.45, 2.75) is 32.7 Å². The Balaban J connectivity index is 2.09. The van der Waals surface area contributed by atoms with Crippen molar-refractivity contribution in [2.75, 3.05) is 5.32 Å². The summed E-state index contributed by atoms with van der Waals surface area (Å²) < 4.78 is 0. The van der Waals surface area contributed by atoms with Gasteiger partial charge in [-0.15, -0.1) is 0 Å². The largest absolute Gasteiger partial charge is 0.325 e. The van der Waals surface area contributed by atoms with Gasteiger partial charge in [-0.25, -0.2) is 10.8 Å². The van der Waals surface area contributed by atoms with Crippen LogP contribution < -0.4 is 16.6 Å². The van der Waals surface area contributed by atoms with Crippen molar-refractivity contribution in [3.63, 3.8) is 0 Å². The van der Waals surface area contributed by atoms with E-state index in [-0.39, 0.29) is 0 Å². The SMILES string of the molecule is Cc1ccc(NC(=NC2CC2)NN)cc1C. The van der Waals surface area contributed by atoms with Gasteiger partial charge < -0.3 is 5.32 Å². The molecular weight excluding hydrogens is 200 g/mol. The number of nitrogens with two attached hydrogens (primary N) is 1. The molecule has 0 saturated heterocycles. The molecule has 0 aliphatic heterocycles. The van der Waals surface area contributed by atoms with E-state index >= 15 is 0 Å². The maximum atomic E-state index is 5.42. The predicted octanol–water partition coefficient (Wildman–Crippen LogP) is 1.70. The number of hydrogen-bond donors (Lipinski definition) is 3. The van der Waals surface area contributed by atoms with E-state index in [0.717, 1.165) is 5.69 Å². The number of guanidine groups is 1. The third-order valence-corrected chi connectivity index (χ3v) is 2.76. The number of anilines is 1. The number of nitrogens with one attached hydrogen (secondary N) is 2. The lowest BCUT2D eigenvalue weighted by atomic mass is 10.1. The van der Waals surface area contributed by atoms with Crippen LogP contribution in [-0.4, -0.2) is 12.0 Å². The molecule has 1 aromatic carbocycles. The summed E-state index contributed by atoms with van der Waals surface area (Å²) >= 11 is 0. The molecule has 16 heavy (non-hydrogen) atoms. The van der Waals surface area contributed by atoms with Crippen LogP contribution in [0, 0.1) is 13.8 Å². The smallest absolute Gasteiger partial charge is 0.210 e. The van der Waals surface area contributed by atoms with Gasteiger partial charge in [0.1, 0.15) is 0 Å². The van der Waals surface area contributed by atoms with Gasteiger partial charge in [0.2, 0.25) is 5.96 Å². The molecule has 4 N–H and O–H groups in total. The average molecular weight is 218 g/mol. The number of hydrazine groups is 1. The van der Waals surface area contributed by atoms with E-state index in [2.05, 4.69) is 41.7 Å². The molecule has 0 spiro atoms. The third kappa shape index (κ3) is 2.73. The van der Waals surface area contributed by atoms with E-state index < -0.39 is 0 Å². The molecule has 0 unspecified atom stereocenters. The molecule has 4 heteroatoms. The Morgan fingerprint density at radius 3 is 2.62 bits per heavy atom. The minimum Gasteiger partial charge on any atom is -0.325 e. The summed E-state index contributed by atoms with van der Waals surface area (Å²) in [6.07, 6.45) is 2.33. The van der Waals surface area contributed by atoms with E-state index in [0.29, 0.717) is 12.0 Å². The number of rotatable bonds is 2. The summed E-state index contributed by atoms with van der Waals surface area (Å²) in [6.45, 7) is 4.19. The molecule has 0 aromatic heterocycles. The lowest BCUT2D eigenvalue weighted by molar-refractivity contribution is 0.966. The number of nitrogens with zero attached hydrogens (tertiary/aromatic N) is 1. The van der Waals surface area contributed by atoms with Crippen molar-refractivity contribution in [2.24, 2.45) is 10.8 Å². The highest BCUT2D eigenvalue weighted by atomic mass is 15.3. The van der Waals surface area contributed by atoms with Gasteiger partial charge in [-0.1, -0.05) is 6.07 Å². The van der Waals surface area contributed by atoms with Gasteiger partial charge in [0, 0.05) is 5.69 Å². The van der Waals surface area contributed by atoms with Gasteiger partial charge >= 0.3 is 0 Å². The van der Waals surface area contributed by atoms with Crippen molar-refractivity contribution in [3.05, 3.63) is 29.3 Å². The summed E-state index contributed by atoms with van der Waals surface area (Å²) in [5.41, 5.74) is 6.15. The van der Waals surface area contributed by atoms with Gasteiger partial charge in [0.15, 0.2) is 0 Å². The summed E-state index contributed by atoms with van der Waals surface area (Å²) in [5, 5.41) is 3.18. The maximum absolute atomic E-state index is 5.42. The van der Waals surface area contributed by atoms with E-state index in [9.17, 15) is 0 Å². The lowest BCUT2D eigenvalue weighted by Gasteiger charge is -2.10. The molecule has 4 nitrogen and oxygen atoms in total. The molecule has 1 aliphatic rings. The van der Waals surface area contributed by atoms with Gasteiger partial charge in [0.25, 0.3) is 0 Å². The monoisotopic (exact) mass is 218 g/mol. The van der Waals surface area contributed by atoms with Gasteiger partial charge in [-0.2, -0.15) is 0 Å².